The fourth-order valence-corrected chi connectivity index (χ4v) is 4.41. The van der Waals surface area contributed by atoms with Gasteiger partial charge >= 0.3 is 0 Å². The summed E-state index contributed by atoms with van der Waals surface area (Å²) in [4.78, 5) is 12.0. The van der Waals surface area contributed by atoms with Gasteiger partial charge in [0.15, 0.2) is 5.82 Å². The normalized spacial score (nSPS) is 11.0. The van der Waals surface area contributed by atoms with Crippen LogP contribution in [0.5, 0.6) is 0 Å². The van der Waals surface area contributed by atoms with Gasteiger partial charge in [0.05, 0.1) is 5.39 Å². The zero-order valence-electron chi connectivity index (χ0n) is 13.0. The van der Waals surface area contributed by atoms with E-state index in [0.717, 1.165) is 33.2 Å². The molecular weight excluding hydrogens is 308 g/mol. The maximum absolute atomic E-state index is 4.82. The molecule has 2 nitrogen and oxygen atoms in total. The van der Waals surface area contributed by atoms with Crippen molar-refractivity contribution in [1.29, 1.82) is 0 Å². The van der Waals surface area contributed by atoms with Crippen molar-refractivity contribution in [2.24, 2.45) is 0 Å². The molecule has 0 aliphatic carbocycles. The highest BCUT2D eigenvalue weighted by atomic mass is 32.2. The molecule has 0 radical (unpaired) electrons. The smallest absolute Gasteiger partial charge is 0.162 e. The minimum Gasteiger partial charge on any atom is -0.221 e. The van der Waals surface area contributed by atoms with Crippen LogP contribution in [0.25, 0.3) is 27.2 Å². The topological polar surface area (TPSA) is 25.8 Å². The van der Waals surface area contributed by atoms with E-state index in [1.165, 1.54) is 15.8 Å². The second kappa shape index (κ2) is 6.23. The Bertz CT molecular complexity index is 835. The van der Waals surface area contributed by atoms with Gasteiger partial charge in [-0.25, -0.2) is 9.97 Å². The van der Waals surface area contributed by atoms with E-state index in [1.807, 2.05) is 18.2 Å². The number of thiophene rings is 1. The highest BCUT2D eigenvalue weighted by Gasteiger charge is 2.18. The fourth-order valence-electron chi connectivity index (χ4n) is 2.58. The van der Waals surface area contributed by atoms with Crippen molar-refractivity contribution in [3.8, 4) is 11.4 Å². The second-order valence-corrected chi connectivity index (χ2v) is 7.02. The second-order valence-electron chi connectivity index (χ2n) is 5.14. The molecule has 0 atom stereocenters. The number of aromatic nitrogens is 2. The van der Waals surface area contributed by atoms with Crippen molar-refractivity contribution < 1.29 is 0 Å². The molecule has 3 rings (SSSR count). The minimum absolute atomic E-state index is 0.801. The number of hydrogen-bond donors (Lipinski definition) is 0. The van der Waals surface area contributed by atoms with E-state index in [0.29, 0.717) is 0 Å². The average molecular weight is 326 g/mol. The highest BCUT2D eigenvalue weighted by Crippen LogP contribution is 2.39. The Morgan fingerprint density at radius 3 is 2.55 bits per heavy atom. The number of hydrogen-bond acceptors (Lipinski definition) is 4. The number of allylic oxidation sites excluding steroid dienone is 1. The van der Waals surface area contributed by atoms with Crippen molar-refractivity contribution in [2.75, 3.05) is 6.26 Å². The number of benzene rings is 1. The summed E-state index contributed by atoms with van der Waals surface area (Å²) >= 11 is 3.44. The van der Waals surface area contributed by atoms with Gasteiger partial charge in [0.1, 0.15) is 9.86 Å². The van der Waals surface area contributed by atoms with Crippen LogP contribution in [0.1, 0.15) is 24.3 Å². The van der Waals surface area contributed by atoms with Crippen LogP contribution in [0, 0.1) is 0 Å². The van der Waals surface area contributed by atoms with E-state index in [4.69, 9.17) is 9.97 Å². The summed E-state index contributed by atoms with van der Waals surface area (Å²) in [6.45, 7) is 8.40. The standard InChI is InChI=1S/C18H18N2S2/c1-5-13-14(11(2)3)15-17(21-4)19-16(20-18(15)22-13)12-9-7-6-8-10-12/h6-10H,2,5H2,1,3-4H3. The molecule has 0 aliphatic heterocycles. The lowest BCUT2D eigenvalue weighted by molar-refractivity contribution is 1.12. The number of aryl methyl sites for hydroxylation is 1. The molecule has 0 spiro atoms. The summed E-state index contributed by atoms with van der Waals surface area (Å²) in [6.07, 6.45) is 3.07. The van der Waals surface area contributed by atoms with Gasteiger partial charge in [0.25, 0.3) is 0 Å². The molecule has 0 N–H and O–H groups in total. The molecule has 0 aliphatic rings. The first kappa shape index (κ1) is 15.3. The maximum atomic E-state index is 4.82. The van der Waals surface area contributed by atoms with Gasteiger partial charge in [-0.2, -0.15) is 0 Å². The molecule has 0 amide bonds. The number of fused-ring (bicyclic) bond motifs is 1. The zero-order valence-corrected chi connectivity index (χ0v) is 14.6. The Labute approximate surface area is 139 Å². The summed E-state index contributed by atoms with van der Waals surface area (Å²) in [7, 11) is 0. The van der Waals surface area contributed by atoms with Gasteiger partial charge in [-0.15, -0.1) is 23.1 Å². The van der Waals surface area contributed by atoms with Crippen LogP contribution in [0.4, 0.5) is 0 Å². The predicted molar refractivity (Wildman–Crippen MR) is 98.7 cm³/mol. The summed E-state index contributed by atoms with van der Waals surface area (Å²) < 4.78 is 0. The zero-order chi connectivity index (χ0) is 15.7. The van der Waals surface area contributed by atoms with Gasteiger partial charge in [-0.05, 0) is 25.2 Å². The maximum Gasteiger partial charge on any atom is 0.162 e. The fraction of sp³-hybridized carbons (Fsp3) is 0.222. The first-order chi connectivity index (χ1) is 10.7. The number of nitrogens with zero attached hydrogens (tertiary/aromatic N) is 2. The lowest BCUT2D eigenvalue weighted by Gasteiger charge is -2.07. The third-order valence-corrected chi connectivity index (χ3v) is 5.47. The largest absolute Gasteiger partial charge is 0.221 e. The highest BCUT2D eigenvalue weighted by molar-refractivity contribution is 7.98. The summed E-state index contributed by atoms with van der Waals surface area (Å²) in [5.74, 6) is 0.801. The van der Waals surface area contributed by atoms with Crippen LogP contribution in [-0.4, -0.2) is 16.2 Å². The first-order valence-electron chi connectivity index (χ1n) is 7.24. The van der Waals surface area contributed by atoms with E-state index >= 15 is 0 Å². The molecule has 4 heteroatoms. The summed E-state index contributed by atoms with van der Waals surface area (Å²) in [5, 5.41) is 2.21. The van der Waals surface area contributed by atoms with Crippen molar-refractivity contribution in [3.63, 3.8) is 0 Å². The average Bonchev–Trinajstić information content (AvgIpc) is 2.93. The Morgan fingerprint density at radius 1 is 1.23 bits per heavy atom. The molecule has 1 aromatic carbocycles. The van der Waals surface area contributed by atoms with Gasteiger partial charge < -0.3 is 0 Å². The molecule has 22 heavy (non-hydrogen) atoms. The number of thioether (sulfide) groups is 1. The van der Waals surface area contributed by atoms with E-state index in [2.05, 4.69) is 38.8 Å². The SMILES string of the molecule is C=C(C)c1c(CC)sc2nc(-c3ccccc3)nc(SC)c12. The van der Waals surface area contributed by atoms with Crippen molar-refractivity contribution in [1.82, 2.24) is 9.97 Å². The van der Waals surface area contributed by atoms with Crippen LogP contribution < -0.4 is 0 Å². The monoisotopic (exact) mass is 326 g/mol. The van der Waals surface area contributed by atoms with Crippen LogP contribution in [-0.2, 0) is 6.42 Å². The van der Waals surface area contributed by atoms with E-state index in [9.17, 15) is 0 Å². The van der Waals surface area contributed by atoms with Crippen molar-refractivity contribution in [3.05, 3.63) is 47.4 Å². The van der Waals surface area contributed by atoms with Crippen LogP contribution in [0.3, 0.4) is 0 Å². The minimum atomic E-state index is 0.801. The first-order valence-corrected chi connectivity index (χ1v) is 9.28. The molecule has 0 unspecified atom stereocenters. The quantitative estimate of drug-likeness (QED) is 0.456. The van der Waals surface area contributed by atoms with Crippen molar-refractivity contribution in [2.45, 2.75) is 25.3 Å². The van der Waals surface area contributed by atoms with Crippen LogP contribution in [0.2, 0.25) is 0 Å². The van der Waals surface area contributed by atoms with Crippen LogP contribution in [0.15, 0.2) is 41.9 Å². The van der Waals surface area contributed by atoms with Crippen molar-refractivity contribution >= 4 is 38.9 Å². The molecule has 2 aromatic heterocycles. The van der Waals surface area contributed by atoms with Gasteiger partial charge in [-0.3, -0.25) is 0 Å². The third-order valence-electron chi connectivity index (χ3n) is 3.56. The predicted octanol–water partition coefficient (Wildman–Crippen LogP) is 5.68. The van der Waals surface area contributed by atoms with Crippen LogP contribution >= 0.6 is 23.1 Å². The van der Waals surface area contributed by atoms with Gasteiger partial charge in [-0.1, -0.05) is 43.8 Å². The molecule has 0 saturated carbocycles. The van der Waals surface area contributed by atoms with Gasteiger partial charge in [0, 0.05) is 16.0 Å². The third kappa shape index (κ3) is 2.57. The molecule has 3 aromatic rings. The van der Waals surface area contributed by atoms with E-state index in [1.54, 1.807) is 23.1 Å². The summed E-state index contributed by atoms with van der Waals surface area (Å²) in [5.41, 5.74) is 3.39. The number of rotatable bonds is 4. The lowest BCUT2D eigenvalue weighted by atomic mass is 10.1. The molecule has 2 heterocycles. The summed E-state index contributed by atoms with van der Waals surface area (Å²) in [6, 6.07) is 10.2. The Kier molecular flexibility index (Phi) is 4.32. The Balaban J connectivity index is 2.32. The Morgan fingerprint density at radius 2 is 1.95 bits per heavy atom. The molecule has 0 bridgehead atoms. The van der Waals surface area contributed by atoms with E-state index in [-0.39, 0.29) is 0 Å². The Hall–Kier alpha value is -1.65. The molecular formula is C18H18N2S2. The van der Waals surface area contributed by atoms with E-state index < -0.39 is 0 Å². The lowest BCUT2D eigenvalue weighted by Crippen LogP contribution is -1.93. The van der Waals surface area contributed by atoms with Gasteiger partial charge in [0.2, 0.25) is 0 Å². The molecule has 0 saturated heterocycles. The molecule has 112 valence electrons. The molecule has 0 fully saturated rings.